The molecule has 1 aliphatic heterocycles. The van der Waals surface area contributed by atoms with Crippen molar-refractivity contribution in [2.24, 2.45) is 5.92 Å². The fourth-order valence-corrected chi connectivity index (χ4v) is 2.08. The number of hydrogen-bond donors (Lipinski definition) is 0. The Kier molecular flexibility index (Phi) is 3.33. The molecule has 0 bridgehead atoms. The molecule has 0 N–H and O–H groups in total. The van der Waals surface area contributed by atoms with Gasteiger partial charge in [-0.25, -0.2) is 0 Å². The zero-order valence-electron chi connectivity index (χ0n) is 8.64. The second-order valence-corrected chi connectivity index (χ2v) is 4.24. The van der Waals surface area contributed by atoms with Crippen LogP contribution in [0.2, 0.25) is 0 Å². The summed E-state index contributed by atoms with van der Waals surface area (Å²) in [5.41, 5.74) is 1.42. The average molecular weight is 167 g/mol. The van der Waals surface area contributed by atoms with E-state index in [9.17, 15) is 0 Å². The lowest BCUT2D eigenvalue weighted by molar-refractivity contribution is 0.208. The van der Waals surface area contributed by atoms with Crippen LogP contribution in [0.3, 0.4) is 0 Å². The van der Waals surface area contributed by atoms with E-state index >= 15 is 0 Å². The molecule has 1 heterocycles. The van der Waals surface area contributed by atoms with Crippen LogP contribution < -0.4 is 0 Å². The highest BCUT2D eigenvalue weighted by atomic mass is 15.2. The molecule has 1 nitrogen and oxygen atoms in total. The monoisotopic (exact) mass is 167 g/mol. The third kappa shape index (κ3) is 2.10. The second-order valence-electron chi connectivity index (χ2n) is 4.24. The molecule has 0 aromatic rings. The molecule has 1 aliphatic rings. The maximum absolute atomic E-state index is 4.08. The van der Waals surface area contributed by atoms with Crippen molar-refractivity contribution in [1.29, 1.82) is 0 Å². The first-order valence-electron chi connectivity index (χ1n) is 5.05. The van der Waals surface area contributed by atoms with E-state index in [1.807, 2.05) is 0 Å². The molecule has 0 aromatic heterocycles. The van der Waals surface area contributed by atoms with Crippen LogP contribution in [0, 0.1) is 5.92 Å². The highest BCUT2D eigenvalue weighted by Crippen LogP contribution is 2.26. The molecule has 0 saturated carbocycles. The van der Waals surface area contributed by atoms with E-state index in [0.29, 0.717) is 0 Å². The standard InChI is InChI=1S/C11H21N/c1-5-6-12-8-10(4)7-11(12)9(2)3/h9,11H,4-8H2,1-3H3/t11-/m1/s1. The van der Waals surface area contributed by atoms with Gasteiger partial charge in [0.1, 0.15) is 0 Å². The summed E-state index contributed by atoms with van der Waals surface area (Å²) in [4.78, 5) is 2.58. The molecule has 12 heavy (non-hydrogen) atoms. The summed E-state index contributed by atoms with van der Waals surface area (Å²) in [6.45, 7) is 13.3. The second kappa shape index (κ2) is 4.08. The molecule has 0 aromatic carbocycles. The predicted octanol–water partition coefficient (Wildman–Crippen LogP) is 2.68. The minimum Gasteiger partial charge on any atom is -0.296 e. The molecule has 1 atom stereocenters. The van der Waals surface area contributed by atoms with E-state index < -0.39 is 0 Å². The van der Waals surface area contributed by atoms with E-state index in [-0.39, 0.29) is 0 Å². The van der Waals surface area contributed by atoms with Gasteiger partial charge in [0.15, 0.2) is 0 Å². The first kappa shape index (κ1) is 9.79. The number of nitrogens with zero attached hydrogens (tertiary/aromatic N) is 1. The van der Waals surface area contributed by atoms with Gasteiger partial charge in [-0.05, 0) is 25.3 Å². The molecule has 0 radical (unpaired) electrons. The minimum absolute atomic E-state index is 0.762. The van der Waals surface area contributed by atoms with Gasteiger partial charge >= 0.3 is 0 Å². The summed E-state index contributed by atoms with van der Waals surface area (Å²) in [5.74, 6) is 0.774. The van der Waals surface area contributed by atoms with Gasteiger partial charge < -0.3 is 0 Å². The minimum atomic E-state index is 0.762. The Morgan fingerprint density at radius 2 is 2.25 bits per heavy atom. The molecule has 0 spiro atoms. The quantitative estimate of drug-likeness (QED) is 0.584. The Morgan fingerprint density at radius 1 is 1.58 bits per heavy atom. The summed E-state index contributed by atoms with van der Waals surface area (Å²) in [6.07, 6.45) is 2.48. The number of likely N-dealkylation sites (tertiary alicyclic amines) is 1. The maximum atomic E-state index is 4.08. The summed E-state index contributed by atoms with van der Waals surface area (Å²) in [6, 6.07) is 0.762. The van der Waals surface area contributed by atoms with E-state index in [2.05, 4.69) is 32.3 Å². The molecule has 0 unspecified atom stereocenters. The van der Waals surface area contributed by atoms with Crippen molar-refractivity contribution in [1.82, 2.24) is 4.90 Å². The summed E-state index contributed by atoms with van der Waals surface area (Å²) >= 11 is 0. The highest BCUT2D eigenvalue weighted by Gasteiger charge is 2.27. The highest BCUT2D eigenvalue weighted by molar-refractivity contribution is 5.08. The van der Waals surface area contributed by atoms with Gasteiger partial charge in [-0.3, -0.25) is 4.90 Å². The fraction of sp³-hybridized carbons (Fsp3) is 0.818. The molecule has 70 valence electrons. The Morgan fingerprint density at radius 3 is 2.75 bits per heavy atom. The third-order valence-electron chi connectivity index (χ3n) is 2.67. The first-order valence-corrected chi connectivity index (χ1v) is 5.05. The summed E-state index contributed by atoms with van der Waals surface area (Å²) < 4.78 is 0. The van der Waals surface area contributed by atoms with Gasteiger partial charge in [0, 0.05) is 12.6 Å². The summed E-state index contributed by atoms with van der Waals surface area (Å²) in [7, 11) is 0. The molecular formula is C11H21N. The van der Waals surface area contributed by atoms with Crippen LogP contribution >= 0.6 is 0 Å². The van der Waals surface area contributed by atoms with Crippen molar-refractivity contribution in [3.8, 4) is 0 Å². The van der Waals surface area contributed by atoms with Crippen LogP contribution in [0.25, 0.3) is 0 Å². The topological polar surface area (TPSA) is 3.24 Å². The first-order chi connectivity index (χ1) is 5.65. The zero-order chi connectivity index (χ0) is 9.14. The van der Waals surface area contributed by atoms with Crippen molar-refractivity contribution >= 4 is 0 Å². The Bertz CT molecular complexity index is 160. The molecule has 0 amide bonds. The predicted molar refractivity (Wildman–Crippen MR) is 54.2 cm³/mol. The molecular weight excluding hydrogens is 146 g/mol. The molecule has 1 saturated heterocycles. The largest absolute Gasteiger partial charge is 0.296 e. The van der Waals surface area contributed by atoms with Crippen LogP contribution in [-0.2, 0) is 0 Å². The Balaban J connectivity index is 2.53. The van der Waals surface area contributed by atoms with Crippen LogP contribution in [0.15, 0.2) is 12.2 Å². The molecule has 1 rings (SSSR count). The smallest absolute Gasteiger partial charge is 0.0193 e. The maximum Gasteiger partial charge on any atom is 0.0193 e. The van der Waals surface area contributed by atoms with Gasteiger partial charge in [-0.15, -0.1) is 0 Å². The van der Waals surface area contributed by atoms with Gasteiger partial charge in [-0.2, -0.15) is 0 Å². The van der Waals surface area contributed by atoms with Gasteiger partial charge in [0.05, 0.1) is 0 Å². The third-order valence-corrected chi connectivity index (χ3v) is 2.67. The van der Waals surface area contributed by atoms with Gasteiger partial charge in [-0.1, -0.05) is 32.9 Å². The van der Waals surface area contributed by atoms with Crippen molar-refractivity contribution < 1.29 is 0 Å². The van der Waals surface area contributed by atoms with Crippen molar-refractivity contribution in [2.45, 2.75) is 39.7 Å². The molecule has 1 heteroatoms. The fourth-order valence-electron chi connectivity index (χ4n) is 2.08. The molecule has 0 aliphatic carbocycles. The van der Waals surface area contributed by atoms with Crippen molar-refractivity contribution in [3.63, 3.8) is 0 Å². The van der Waals surface area contributed by atoms with Crippen LogP contribution in [-0.4, -0.2) is 24.0 Å². The Hall–Kier alpha value is -0.300. The van der Waals surface area contributed by atoms with Crippen LogP contribution in [0.5, 0.6) is 0 Å². The number of hydrogen-bond acceptors (Lipinski definition) is 1. The zero-order valence-corrected chi connectivity index (χ0v) is 8.64. The normalized spacial score (nSPS) is 25.7. The van der Waals surface area contributed by atoms with Crippen molar-refractivity contribution in [3.05, 3.63) is 12.2 Å². The van der Waals surface area contributed by atoms with Crippen LogP contribution in [0.1, 0.15) is 33.6 Å². The van der Waals surface area contributed by atoms with Crippen LogP contribution in [0.4, 0.5) is 0 Å². The van der Waals surface area contributed by atoms with Gasteiger partial charge in [0.25, 0.3) is 0 Å². The van der Waals surface area contributed by atoms with Gasteiger partial charge in [0.2, 0.25) is 0 Å². The average Bonchev–Trinajstić information content (AvgIpc) is 2.32. The SMILES string of the molecule is C=C1C[C@H](C(C)C)N(CCC)C1. The van der Waals surface area contributed by atoms with Crippen molar-refractivity contribution in [2.75, 3.05) is 13.1 Å². The lowest BCUT2D eigenvalue weighted by Crippen LogP contribution is -2.33. The van der Waals surface area contributed by atoms with E-state index in [0.717, 1.165) is 18.5 Å². The summed E-state index contributed by atoms with van der Waals surface area (Å²) in [5, 5.41) is 0. The van der Waals surface area contributed by atoms with E-state index in [4.69, 9.17) is 0 Å². The number of rotatable bonds is 3. The molecule has 1 fully saturated rings. The van der Waals surface area contributed by atoms with E-state index in [1.165, 1.54) is 25.0 Å². The van der Waals surface area contributed by atoms with E-state index in [1.54, 1.807) is 0 Å². The Labute approximate surface area is 76.5 Å². The lowest BCUT2D eigenvalue weighted by Gasteiger charge is -2.26. The lowest BCUT2D eigenvalue weighted by atomic mass is 10.0.